The van der Waals surface area contributed by atoms with Crippen LogP contribution in [0.15, 0.2) is 42.6 Å². The molecule has 0 N–H and O–H groups in total. The Kier molecular flexibility index (Phi) is 3.40. The van der Waals surface area contributed by atoms with E-state index in [2.05, 4.69) is 10.9 Å². The smallest absolute Gasteiger partial charge is 0.219 e. The molecule has 0 radical (unpaired) electrons. The van der Waals surface area contributed by atoms with Crippen molar-refractivity contribution < 1.29 is 9.53 Å². The van der Waals surface area contributed by atoms with E-state index in [1.165, 1.54) is 13.1 Å². The maximum absolute atomic E-state index is 11.1. The summed E-state index contributed by atoms with van der Waals surface area (Å²) in [5, 5.41) is 0. The van der Waals surface area contributed by atoms with Gasteiger partial charge in [0.1, 0.15) is 5.75 Å². The zero-order chi connectivity index (χ0) is 13.0. The van der Waals surface area contributed by atoms with Crippen molar-refractivity contribution in [2.24, 2.45) is 0 Å². The molecule has 0 amide bonds. The monoisotopic (exact) mass is 237 g/mol. The molecule has 0 atom stereocenters. The molecule has 1 aromatic heterocycles. The number of aromatic nitrogens is 1. The molecule has 0 saturated heterocycles. The first kappa shape index (κ1) is 11.9. The second-order valence-electron chi connectivity index (χ2n) is 3.72. The summed E-state index contributed by atoms with van der Waals surface area (Å²) in [5.41, 5.74) is 1.30. The predicted molar refractivity (Wildman–Crippen MR) is 68.7 cm³/mol. The van der Waals surface area contributed by atoms with Gasteiger partial charge in [-0.15, -0.1) is 6.42 Å². The molecule has 0 bridgehead atoms. The molecule has 1 heterocycles. The largest absolute Gasteiger partial charge is 0.439 e. The van der Waals surface area contributed by atoms with Crippen molar-refractivity contribution in [3.63, 3.8) is 0 Å². The summed E-state index contributed by atoms with van der Waals surface area (Å²) in [7, 11) is 0. The molecule has 0 aliphatic rings. The number of benzene rings is 1. The van der Waals surface area contributed by atoms with E-state index in [1.54, 1.807) is 24.3 Å². The molecular weight excluding hydrogens is 226 g/mol. The number of nitrogens with zero attached hydrogens (tertiary/aromatic N) is 1. The molecule has 0 fully saturated rings. The Labute approximate surface area is 105 Å². The highest BCUT2D eigenvalue weighted by atomic mass is 16.5. The predicted octanol–water partition coefficient (Wildman–Crippen LogP) is 3.06. The Morgan fingerprint density at radius 1 is 1.33 bits per heavy atom. The average Bonchev–Trinajstić information content (AvgIpc) is 2.39. The quantitative estimate of drug-likeness (QED) is 0.608. The summed E-state index contributed by atoms with van der Waals surface area (Å²) in [6, 6.07) is 10.5. The number of Topliss-reactive ketones (excluding diaryl/α,β-unsaturated/α-hetero) is 1. The van der Waals surface area contributed by atoms with Crippen LogP contribution < -0.4 is 4.74 Å². The van der Waals surface area contributed by atoms with Gasteiger partial charge in [0.2, 0.25) is 5.88 Å². The standard InChI is InChI=1S/C15H11NO2/c1-3-12-5-4-6-14(9-12)18-15-8-7-13(10-16-15)11(2)17/h1,4-10H,2H3. The fourth-order valence-electron chi connectivity index (χ4n) is 1.42. The molecule has 0 unspecified atom stereocenters. The number of carbonyl (C=O) groups is 1. The van der Waals surface area contributed by atoms with E-state index >= 15 is 0 Å². The van der Waals surface area contributed by atoms with Crippen molar-refractivity contribution in [2.45, 2.75) is 6.92 Å². The minimum atomic E-state index is -0.0246. The van der Waals surface area contributed by atoms with Crippen LogP contribution in [-0.4, -0.2) is 10.8 Å². The Bertz CT molecular complexity index is 609. The van der Waals surface area contributed by atoms with Gasteiger partial charge in [-0.05, 0) is 31.2 Å². The molecule has 3 nitrogen and oxygen atoms in total. The summed E-state index contributed by atoms with van der Waals surface area (Å²) < 4.78 is 5.54. The first-order valence-electron chi connectivity index (χ1n) is 5.40. The van der Waals surface area contributed by atoms with Crippen LogP contribution in [0.5, 0.6) is 11.6 Å². The maximum Gasteiger partial charge on any atom is 0.219 e. The van der Waals surface area contributed by atoms with Crippen LogP contribution in [0.3, 0.4) is 0 Å². The van der Waals surface area contributed by atoms with E-state index < -0.39 is 0 Å². The van der Waals surface area contributed by atoms with Gasteiger partial charge in [0, 0.05) is 23.4 Å². The van der Waals surface area contributed by atoms with Gasteiger partial charge >= 0.3 is 0 Å². The molecular formula is C15H11NO2. The lowest BCUT2D eigenvalue weighted by molar-refractivity contribution is 0.101. The third-order valence-corrected chi connectivity index (χ3v) is 2.37. The number of ether oxygens (including phenoxy) is 1. The summed E-state index contributed by atoms with van der Waals surface area (Å²) in [6.07, 6.45) is 6.80. The van der Waals surface area contributed by atoms with Gasteiger partial charge in [0.05, 0.1) is 0 Å². The molecule has 0 aliphatic heterocycles. The fraction of sp³-hybridized carbons (Fsp3) is 0.0667. The highest BCUT2D eigenvalue weighted by Crippen LogP contribution is 2.20. The normalized spacial score (nSPS) is 9.56. The lowest BCUT2D eigenvalue weighted by Crippen LogP contribution is -1.94. The molecule has 0 spiro atoms. The number of rotatable bonds is 3. The van der Waals surface area contributed by atoms with Crippen LogP contribution in [0.2, 0.25) is 0 Å². The molecule has 0 saturated carbocycles. The van der Waals surface area contributed by atoms with Crippen LogP contribution in [0.1, 0.15) is 22.8 Å². The lowest BCUT2D eigenvalue weighted by atomic mass is 10.2. The van der Waals surface area contributed by atoms with Gasteiger partial charge in [-0.25, -0.2) is 4.98 Å². The molecule has 0 aliphatic carbocycles. The van der Waals surface area contributed by atoms with Crippen LogP contribution in [0.25, 0.3) is 0 Å². The SMILES string of the molecule is C#Cc1cccc(Oc2ccc(C(C)=O)cn2)c1. The Morgan fingerprint density at radius 3 is 2.78 bits per heavy atom. The maximum atomic E-state index is 11.1. The van der Waals surface area contributed by atoms with Gasteiger partial charge in [-0.2, -0.15) is 0 Å². The highest BCUT2D eigenvalue weighted by Gasteiger charge is 2.02. The lowest BCUT2D eigenvalue weighted by Gasteiger charge is -2.05. The number of terminal acetylenes is 1. The van der Waals surface area contributed by atoms with Crippen molar-refractivity contribution in [3.8, 4) is 24.0 Å². The third-order valence-electron chi connectivity index (χ3n) is 2.37. The van der Waals surface area contributed by atoms with Gasteiger partial charge in [0.15, 0.2) is 5.78 Å². The first-order chi connectivity index (χ1) is 8.69. The Hall–Kier alpha value is -2.60. The van der Waals surface area contributed by atoms with E-state index in [0.29, 0.717) is 17.2 Å². The van der Waals surface area contributed by atoms with Crippen LogP contribution in [0, 0.1) is 12.3 Å². The van der Waals surface area contributed by atoms with Crippen molar-refractivity contribution in [2.75, 3.05) is 0 Å². The topological polar surface area (TPSA) is 39.2 Å². The van der Waals surface area contributed by atoms with Gasteiger partial charge < -0.3 is 4.74 Å². The minimum absolute atomic E-state index is 0.0246. The molecule has 18 heavy (non-hydrogen) atoms. The summed E-state index contributed by atoms with van der Waals surface area (Å²) in [6.45, 7) is 1.49. The molecule has 88 valence electrons. The van der Waals surface area contributed by atoms with E-state index in [9.17, 15) is 4.79 Å². The first-order valence-corrected chi connectivity index (χ1v) is 5.40. The number of hydrogen-bond donors (Lipinski definition) is 0. The minimum Gasteiger partial charge on any atom is -0.439 e. The second kappa shape index (κ2) is 5.15. The number of pyridine rings is 1. The summed E-state index contributed by atoms with van der Waals surface area (Å²) in [5.74, 6) is 3.55. The van der Waals surface area contributed by atoms with Crippen LogP contribution >= 0.6 is 0 Å². The van der Waals surface area contributed by atoms with E-state index in [1.807, 2.05) is 12.1 Å². The van der Waals surface area contributed by atoms with Gasteiger partial charge in [-0.1, -0.05) is 12.0 Å². The average molecular weight is 237 g/mol. The fourth-order valence-corrected chi connectivity index (χ4v) is 1.42. The molecule has 2 aromatic rings. The van der Waals surface area contributed by atoms with Gasteiger partial charge in [0.25, 0.3) is 0 Å². The summed E-state index contributed by atoms with van der Waals surface area (Å²) >= 11 is 0. The molecule has 3 heteroatoms. The van der Waals surface area contributed by atoms with E-state index in [0.717, 1.165) is 5.56 Å². The highest BCUT2D eigenvalue weighted by molar-refractivity contribution is 5.93. The second-order valence-corrected chi connectivity index (χ2v) is 3.72. The Morgan fingerprint density at radius 2 is 2.17 bits per heavy atom. The van der Waals surface area contributed by atoms with Crippen LogP contribution in [-0.2, 0) is 0 Å². The zero-order valence-electron chi connectivity index (χ0n) is 9.88. The van der Waals surface area contributed by atoms with E-state index in [-0.39, 0.29) is 5.78 Å². The zero-order valence-corrected chi connectivity index (χ0v) is 9.88. The Balaban J connectivity index is 2.18. The summed E-state index contributed by atoms with van der Waals surface area (Å²) in [4.78, 5) is 15.2. The number of hydrogen-bond acceptors (Lipinski definition) is 3. The van der Waals surface area contributed by atoms with E-state index in [4.69, 9.17) is 11.2 Å². The number of ketones is 1. The van der Waals surface area contributed by atoms with Crippen molar-refractivity contribution in [1.82, 2.24) is 4.98 Å². The third kappa shape index (κ3) is 2.74. The van der Waals surface area contributed by atoms with Crippen molar-refractivity contribution >= 4 is 5.78 Å². The van der Waals surface area contributed by atoms with Crippen LogP contribution in [0.4, 0.5) is 0 Å². The molecule has 2 rings (SSSR count). The van der Waals surface area contributed by atoms with Gasteiger partial charge in [-0.3, -0.25) is 4.79 Å². The van der Waals surface area contributed by atoms with Crippen molar-refractivity contribution in [1.29, 1.82) is 0 Å². The molecule has 1 aromatic carbocycles. The van der Waals surface area contributed by atoms with Crippen molar-refractivity contribution in [3.05, 3.63) is 53.7 Å². The number of carbonyl (C=O) groups excluding carboxylic acids is 1.